The van der Waals surface area contributed by atoms with Gasteiger partial charge >= 0.3 is 6.03 Å². The number of benzene rings is 1. The van der Waals surface area contributed by atoms with Gasteiger partial charge < -0.3 is 4.90 Å². The van der Waals surface area contributed by atoms with Gasteiger partial charge in [-0.2, -0.15) is 0 Å². The van der Waals surface area contributed by atoms with Crippen LogP contribution in [0, 0.1) is 12.3 Å². The van der Waals surface area contributed by atoms with Gasteiger partial charge in [-0.3, -0.25) is 19.4 Å². The first-order valence-electron chi connectivity index (χ1n) is 10.1. The van der Waals surface area contributed by atoms with Gasteiger partial charge in [0.2, 0.25) is 11.8 Å². The van der Waals surface area contributed by atoms with E-state index in [0.29, 0.717) is 0 Å². The van der Waals surface area contributed by atoms with E-state index < -0.39 is 23.3 Å². The highest BCUT2D eigenvalue weighted by Gasteiger charge is 2.63. The number of carbonyl (C=O) groups is 3. The van der Waals surface area contributed by atoms with E-state index in [4.69, 9.17) is 4.98 Å². The minimum absolute atomic E-state index is 0.278. The van der Waals surface area contributed by atoms with Crippen LogP contribution in [0.4, 0.5) is 10.6 Å². The molecule has 5 rings (SSSR count). The van der Waals surface area contributed by atoms with Gasteiger partial charge in [0.05, 0.1) is 11.6 Å². The Bertz CT molecular complexity index is 1060. The highest BCUT2D eigenvalue weighted by molar-refractivity contribution is 6.20. The van der Waals surface area contributed by atoms with Gasteiger partial charge in [-0.25, -0.2) is 9.78 Å². The molecule has 7 heteroatoms. The molecular weight excluding hydrogens is 368 g/mol. The molecule has 1 atom stereocenters. The Labute approximate surface area is 169 Å². The summed E-state index contributed by atoms with van der Waals surface area (Å²) in [5.41, 5.74) is 1.70. The lowest BCUT2D eigenvalue weighted by atomic mass is 9.66. The monoisotopic (exact) mass is 392 g/mol. The lowest BCUT2D eigenvalue weighted by molar-refractivity contribution is -0.159. The van der Waals surface area contributed by atoms with E-state index in [1.54, 1.807) is 0 Å². The predicted octanol–water partition coefficient (Wildman–Crippen LogP) is 2.50. The molecule has 1 spiro atoms. The minimum Gasteiger partial charge on any atom is -0.352 e. The molecule has 0 aliphatic carbocycles. The van der Waals surface area contributed by atoms with Crippen molar-refractivity contribution in [2.75, 3.05) is 25.5 Å². The summed E-state index contributed by atoms with van der Waals surface area (Å²) in [5.74, 6) is 0.0931. The van der Waals surface area contributed by atoms with Gasteiger partial charge in [0.25, 0.3) is 0 Å². The Hall–Kier alpha value is -2.96. The van der Waals surface area contributed by atoms with Gasteiger partial charge in [0.15, 0.2) is 5.41 Å². The van der Waals surface area contributed by atoms with Crippen molar-refractivity contribution in [1.29, 1.82) is 0 Å². The summed E-state index contributed by atoms with van der Waals surface area (Å²) >= 11 is 0. The minimum atomic E-state index is -1.27. The summed E-state index contributed by atoms with van der Waals surface area (Å²) < 4.78 is 0. The zero-order chi connectivity index (χ0) is 20.5. The molecule has 3 aliphatic heterocycles. The van der Waals surface area contributed by atoms with Crippen molar-refractivity contribution in [3.8, 4) is 0 Å². The third-order valence-corrected chi connectivity index (χ3v) is 6.79. The number of anilines is 1. The molecule has 1 aromatic carbocycles. The second-order valence-electron chi connectivity index (χ2n) is 8.53. The van der Waals surface area contributed by atoms with Crippen LogP contribution in [0.3, 0.4) is 0 Å². The number of amides is 4. The molecule has 4 amide bonds. The Balaban J connectivity index is 1.74. The molecule has 0 unspecified atom stereocenters. The molecule has 0 bridgehead atoms. The van der Waals surface area contributed by atoms with E-state index in [-0.39, 0.29) is 12.5 Å². The first-order chi connectivity index (χ1) is 13.8. The van der Waals surface area contributed by atoms with Crippen LogP contribution in [0.15, 0.2) is 24.3 Å². The molecular formula is C22H24N4O3. The first-order valence-corrected chi connectivity index (χ1v) is 10.1. The van der Waals surface area contributed by atoms with Crippen LogP contribution < -0.4 is 4.90 Å². The summed E-state index contributed by atoms with van der Waals surface area (Å²) in [6.45, 7) is 2.80. The molecule has 3 aliphatic rings. The van der Waals surface area contributed by atoms with E-state index in [1.165, 1.54) is 14.1 Å². The molecule has 0 N–H and O–H groups in total. The summed E-state index contributed by atoms with van der Waals surface area (Å²) in [6, 6.07) is 7.34. The molecule has 2 fully saturated rings. The van der Waals surface area contributed by atoms with Crippen LogP contribution in [0.2, 0.25) is 0 Å². The van der Waals surface area contributed by atoms with Crippen molar-refractivity contribution in [2.45, 2.75) is 38.6 Å². The molecule has 2 aromatic rings. The van der Waals surface area contributed by atoms with Crippen molar-refractivity contribution >= 4 is 34.6 Å². The van der Waals surface area contributed by atoms with Gasteiger partial charge in [-0.05, 0) is 49.4 Å². The maximum atomic E-state index is 13.5. The van der Waals surface area contributed by atoms with E-state index in [1.807, 2.05) is 19.1 Å². The number of aromatic nitrogens is 1. The topological polar surface area (TPSA) is 73.8 Å². The maximum Gasteiger partial charge on any atom is 0.332 e. The first kappa shape index (κ1) is 18.1. The van der Waals surface area contributed by atoms with Gasteiger partial charge in [0.1, 0.15) is 5.82 Å². The Morgan fingerprint density at radius 1 is 1.03 bits per heavy atom. The van der Waals surface area contributed by atoms with Crippen molar-refractivity contribution in [3.05, 3.63) is 35.4 Å². The fourth-order valence-corrected chi connectivity index (χ4v) is 5.33. The van der Waals surface area contributed by atoms with E-state index in [9.17, 15) is 14.4 Å². The summed E-state index contributed by atoms with van der Waals surface area (Å²) in [7, 11) is 2.94. The summed E-state index contributed by atoms with van der Waals surface area (Å²) in [6.07, 6.45) is 2.96. The van der Waals surface area contributed by atoms with Gasteiger partial charge in [0, 0.05) is 32.4 Å². The molecule has 4 heterocycles. The standard InChI is InChI=1S/C22H24N4O3/c1-13-7-8-14-11-15-12-22(19(27)24(2)21(29)25(3)20(22)28)17-6-4-5-9-26(17)18(15)23-16(14)10-13/h7-8,10-11,17H,4-6,9,12H2,1-3H3/t17-/m1/s1. The Kier molecular flexibility index (Phi) is 3.75. The number of pyridine rings is 1. The third-order valence-electron chi connectivity index (χ3n) is 6.79. The van der Waals surface area contributed by atoms with Crippen LogP contribution in [0.25, 0.3) is 10.9 Å². The SMILES string of the molecule is Cc1ccc2cc3c(nc2c1)N1CCCC[C@@H]1C1(C3)C(=O)N(C)C(=O)N(C)C1=O. The lowest BCUT2D eigenvalue weighted by Crippen LogP contribution is -2.72. The fraction of sp³-hybridized carbons (Fsp3) is 0.455. The number of aryl methyl sites for hydroxylation is 1. The molecule has 0 saturated carbocycles. The summed E-state index contributed by atoms with van der Waals surface area (Å²) in [4.78, 5) is 48.6. The maximum absolute atomic E-state index is 13.5. The van der Waals surface area contributed by atoms with Crippen LogP contribution in [0.1, 0.15) is 30.4 Å². The molecule has 0 radical (unpaired) electrons. The zero-order valence-corrected chi connectivity index (χ0v) is 16.9. The van der Waals surface area contributed by atoms with Crippen molar-refractivity contribution in [3.63, 3.8) is 0 Å². The second-order valence-corrected chi connectivity index (χ2v) is 8.53. The quantitative estimate of drug-likeness (QED) is 0.644. The number of rotatable bonds is 0. The normalized spacial score (nSPS) is 23.6. The molecule has 7 nitrogen and oxygen atoms in total. The zero-order valence-electron chi connectivity index (χ0n) is 16.9. The number of hydrogen-bond acceptors (Lipinski definition) is 5. The van der Waals surface area contributed by atoms with E-state index in [2.05, 4.69) is 17.0 Å². The van der Waals surface area contributed by atoms with Crippen molar-refractivity contribution in [1.82, 2.24) is 14.8 Å². The number of carbonyl (C=O) groups excluding carboxylic acids is 3. The van der Waals surface area contributed by atoms with Crippen LogP contribution in [-0.4, -0.2) is 59.3 Å². The van der Waals surface area contributed by atoms with Crippen LogP contribution in [-0.2, 0) is 16.0 Å². The Morgan fingerprint density at radius 3 is 2.48 bits per heavy atom. The number of fused-ring (bicyclic) bond motifs is 5. The highest BCUT2D eigenvalue weighted by Crippen LogP contribution is 2.48. The van der Waals surface area contributed by atoms with Crippen LogP contribution >= 0.6 is 0 Å². The number of imide groups is 2. The van der Waals surface area contributed by atoms with Crippen LogP contribution in [0.5, 0.6) is 0 Å². The number of barbiturate groups is 1. The van der Waals surface area contributed by atoms with Gasteiger partial charge in [-0.15, -0.1) is 0 Å². The van der Waals surface area contributed by atoms with E-state index in [0.717, 1.165) is 63.5 Å². The second kappa shape index (κ2) is 6.02. The lowest BCUT2D eigenvalue weighted by Gasteiger charge is -2.54. The molecule has 1 aromatic heterocycles. The molecule has 29 heavy (non-hydrogen) atoms. The fourth-order valence-electron chi connectivity index (χ4n) is 5.33. The van der Waals surface area contributed by atoms with Gasteiger partial charge in [-0.1, -0.05) is 12.1 Å². The largest absolute Gasteiger partial charge is 0.352 e. The van der Waals surface area contributed by atoms with Crippen molar-refractivity contribution < 1.29 is 14.4 Å². The predicted molar refractivity (Wildman–Crippen MR) is 109 cm³/mol. The smallest absolute Gasteiger partial charge is 0.332 e. The number of nitrogens with zero attached hydrogens (tertiary/aromatic N) is 4. The average molecular weight is 392 g/mol. The van der Waals surface area contributed by atoms with Crippen molar-refractivity contribution in [2.24, 2.45) is 5.41 Å². The number of urea groups is 1. The highest BCUT2D eigenvalue weighted by atomic mass is 16.2. The molecule has 2 saturated heterocycles. The average Bonchev–Trinajstić information content (AvgIpc) is 2.74. The third kappa shape index (κ3) is 2.30. The number of piperidine rings is 1. The Morgan fingerprint density at radius 2 is 1.76 bits per heavy atom. The van der Waals surface area contributed by atoms with E-state index >= 15 is 0 Å². The molecule has 150 valence electrons. The number of hydrogen-bond donors (Lipinski definition) is 0. The summed E-state index contributed by atoms with van der Waals surface area (Å²) in [5, 5.41) is 0.994.